The summed E-state index contributed by atoms with van der Waals surface area (Å²) in [4.78, 5) is 22.1. The summed E-state index contributed by atoms with van der Waals surface area (Å²) in [6.07, 6.45) is 3.43. The first-order chi connectivity index (χ1) is 5.68. The summed E-state index contributed by atoms with van der Waals surface area (Å²) in [7, 11) is 0. The van der Waals surface area contributed by atoms with E-state index in [9.17, 15) is 9.59 Å². The maximum atomic E-state index is 11.5. The molecule has 12 heavy (non-hydrogen) atoms. The molecule has 2 nitrogen and oxygen atoms in total. The number of carbonyl (C=O) groups excluding carboxylic acids is 2. The molecular formula is C9H11ClO2. The van der Waals surface area contributed by atoms with Crippen LogP contribution in [0.25, 0.3) is 0 Å². The zero-order valence-corrected chi connectivity index (χ0v) is 7.51. The van der Waals surface area contributed by atoms with Gasteiger partial charge in [-0.2, -0.15) is 0 Å². The number of ketones is 1. The molecule has 2 rings (SSSR count). The highest BCUT2D eigenvalue weighted by atomic mass is 35.5. The van der Waals surface area contributed by atoms with Crippen molar-refractivity contribution in [2.45, 2.75) is 25.7 Å². The standard InChI is InChI=1S/C9H11ClO2/c10-8(11)4-7-5-1-2-6(3-5)9(7)12/h5-7H,1-4H2. The number of fused-ring (bicyclic) bond motifs is 2. The third-order valence-electron chi connectivity index (χ3n) is 3.19. The zero-order chi connectivity index (χ0) is 8.72. The van der Waals surface area contributed by atoms with Crippen molar-refractivity contribution in [3.05, 3.63) is 0 Å². The van der Waals surface area contributed by atoms with Gasteiger partial charge in [-0.25, -0.2) is 0 Å². The molecule has 0 saturated heterocycles. The summed E-state index contributed by atoms with van der Waals surface area (Å²) in [5.41, 5.74) is 0. The molecule has 0 aromatic rings. The Kier molecular flexibility index (Phi) is 1.95. The van der Waals surface area contributed by atoms with E-state index >= 15 is 0 Å². The summed E-state index contributed by atoms with van der Waals surface area (Å²) >= 11 is 5.27. The molecule has 0 aliphatic heterocycles. The van der Waals surface area contributed by atoms with Crippen LogP contribution in [0.15, 0.2) is 0 Å². The highest BCUT2D eigenvalue weighted by Crippen LogP contribution is 2.47. The fraction of sp³-hybridized carbons (Fsp3) is 0.778. The molecule has 3 heteroatoms. The van der Waals surface area contributed by atoms with Gasteiger partial charge >= 0.3 is 0 Å². The monoisotopic (exact) mass is 186 g/mol. The summed E-state index contributed by atoms with van der Waals surface area (Å²) in [6.45, 7) is 0. The first kappa shape index (κ1) is 8.24. The van der Waals surface area contributed by atoms with E-state index in [1.165, 1.54) is 0 Å². The summed E-state index contributed by atoms with van der Waals surface area (Å²) in [6, 6.07) is 0. The molecule has 0 heterocycles. The first-order valence-electron chi connectivity index (χ1n) is 4.40. The van der Waals surface area contributed by atoms with Gasteiger partial charge in [-0.3, -0.25) is 9.59 Å². The maximum Gasteiger partial charge on any atom is 0.222 e. The third kappa shape index (κ3) is 1.18. The van der Waals surface area contributed by atoms with E-state index < -0.39 is 0 Å². The van der Waals surface area contributed by atoms with Gasteiger partial charge in [0.1, 0.15) is 5.78 Å². The van der Waals surface area contributed by atoms with Gasteiger partial charge in [0.2, 0.25) is 5.24 Å². The van der Waals surface area contributed by atoms with Gasteiger partial charge in [-0.15, -0.1) is 0 Å². The number of halogens is 1. The molecule has 2 saturated carbocycles. The van der Waals surface area contributed by atoms with E-state index in [2.05, 4.69) is 0 Å². The largest absolute Gasteiger partial charge is 0.299 e. The average Bonchev–Trinajstić information content (AvgIpc) is 2.53. The fourth-order valence-corrected chi connectivity index (χ4v) is 2.78. The van der Waals surface area contributed by atoms with Gasteiger partial charge in [0.05, 0.1) is 0 Å². The van der Waals surface area contributed by atoms with Crippen LogP contribution in [0.5, 0.6) is 0 Å². The highest BCUT2D eigenvalue weighted by Gasteiger charge is 2.46. The van der Waals surface area contributed by atoms with E-state index in [-0.39, 0.29) is 23.5 Å². The second kappa shape index (κ2) is 2.84. The van der Waals surface area contributed by atoms with Crippen LogP contribution in [0.2, 0.25) is 0 Å². The molecule has 2 bridgehead atoms. The van der Waals surface area contributed by atoms with Crippen molar-refractivity contribution in [3.8, 4) is 0 Å². The first-order valence-corrected chi connectivity index (χ1v) is 4.78. The predicted molar refractivity (Wildman–Crippen MR) is 44.8 cm³/mol. The lowest BCUT2D eigenvalue weighted by Crippen LogP contribution is -2.23. The van der Waals surface area contributed by atoms with Crippen molar-refractivity contribution >= 4 is 22.6 Å². The van der Waals surface area contributed by atoms with Gasteiger partial charge < -0.3 is 0 Å². The second-order valence-corrected chi connectivity index (χ2v) is 4.26. The molecular weight excluding hydrogens is 176 g/mol. The number of rotatable bonds is 2. The van der Waals surface area contributed by atoms with E-state index in [1.54, 1.807) is 0 Å². The van der Waals surface area contributed by atoms with Crippen molar-refractivity contribution in [1.82, 2.24) is 0 Å². The topological polar surface area (TPSA) is 34.1 Å². The third-order valence-corrected chi connectivity index (χ3v) is 3.34. The quantitative estimate of drug-likeness (QED) is 0.616. The minimum atomic E-state index is -0.360. The molecule has 66 valence electrons. The maximum absolute atomic E-state index is 11.5. The van der Waals surface area contributed by atoms with Gasteiger partial charge in [-0.05, 0) is 36.8 Å². The highest BCUT2D eigenvalue weighted by molar-refractivity contribution is 6.63. The Morgan fingerprint density at radius 3 is 2.75 bits per heavy atom. The molecule has 3 unspecified atom stereocenters. The number of carbonyl (C=O) groups is 2. The summed E-state index contributed by atoms with van der Waals surface area (Å²) in [5.74, 6) is 0.982. The van der Waals surface area contributed by atoms with Crippen LogP contribution >= 0.6 is 11.6 Å². The van der Waals surface area contributed by atoms with Crippen LogP contribution in [0.4, 0.5) is 0 Å². The fourth-order valence-electron chi connectivity index (χ4n) is 2.62. The lowest BCUT2D eigenvalue weighted by molar-refractivity contribution is -0.128. The van der Waals surface area contributed by atoms with Gasteiger partial charge in [0.25, 0.3) is 0 Å². The van der Waals surface area contributed by atoms with Gasteiger partial charge in [-0.1, -0.05) is 0 Å². The van der Waals surface area contributed by atoms with Crippen molar-refractivity contribution in [2.24, 2.45) is 17.8 Å². The smallest absolute Gasteiger partial charge is 0.222 e. The summed E-state index contributed by atoms with van der Waals surface area (Å²) < 4.78 is 0. The van der Waals surface area contributed by atoms with Crippen molar-refractivity contribution < 1.29 is 9.59 Å². The minimum absolute atomic E-state index is 0.0336. The molecule has 0 aromatic heterocycles. The lowest BCUT2D eigenvalue weighted by Gasteiger charge is -2.17. The van der Waals surface area contributed by atoms with Crippen molar-refractivity contribution in [1.29, 1.82) is 0 Å². The van der Waals surface area contributed by atoms with Crippen LogP contribution < -0.4 is 0 Å². The van der Waals surface area contributed by atoms with Crippen molar-refractivity contribution in [2.75, 3.05) is 0 Å². The molecule has 2 aliphatic rings. The molecule has 3 atom stereocenters. The van der Waals surface area contributed by atoms with Crippen LogP contribution in [0.3, 0.4) is 0 Å². The molecule has 0 N–H and O–H groups in total. The molecule has 0 radical (unpaired) electrons. The van der Waals surface area contributed by atoms with Crippen LogP contribution in [0.1, 0.15) is 25.7 Å². The second-order valence-electron chi connectivity index (χ2n) is 3.84. The Bertz CT molecular complexity index is 237. The predicted octanol–water partition coefficient (Wildman–Crippen LogP) is 1.76. The van der Waals surface area contributed by atoms with Crippen LogP contribution in [-0.2, 0) is 9.59 Å². The molecule has 2 fully saturated rings. The Balaban J connectivity index is 2.07. The lowest BCUT2D eigenvalue weighted by atomic mass is 9.86. The van der Waals surface area contributed by atoms with Crippen LogP contribution in [-0.4, -0.2) is 11.0 Å². The molecule has 0 amide bonds. The molecule has 0 spiro atoms. The Morgan fingerprint density at radius 1 is 1.50 bits per heavy atom. The van der Waals surface area contributed by atoms with E-state index in [0.717, 1.165) is 19.3 Å². The van der Waals surface area contributed by atoms with Gasteiger partial charge in [0.15, 0.2) is 0 Å². The Morgan fingerprint density at radius 2 is 2.25 bits per heavy atom. The zero-order valence-electron chi connectivity index (χ0n) is 6.75. The Hall–Kier alpha value is -0.370. The minimum Gasteiger partial charge on any atom is -0.299 e. The number of Topliss-reactive ketones (excluding diaryl/α,β-unsaturated/α-hetero) is 1. The Labute approximate surface area is 76.3 Å². The van der Waals surface area contributed by atoms with Crippen molar-refractivity contribution in [3.63, 3.8) is 0 Å². The van der Waals surface area contributed by atoms with E-state index in [4.69, 9.17) is 11.6 Å². The van der Waals surface area contributed by atoms with Crippen LogP contribution in [0, 0.1) is 17.8 Å². The van der Waals surface area contributed by atoms with E-state index in [0.29, 0.717) is 11.7 Å². The SMILES string of the molecule is O=C(Cl)CC1C(=O)C2CCC1C2. The molecule has 2 aliphatic carbocycles. The average molecular weight is 187 g/mol. The number of hydrogen-bond donors (Lipinski definition) is 0. The van der Waals surface area contributed by atoms with E-state index in [1.807, 2.05) is 0 Å². The number of hydrogen-bond acceptors (Lipinski definition) is 2. The summed E-state index contributed by atoms with van der Waals surface area (Å²) in [5, 5.41) is -0.360. The molecule has 0 aromatic carbocycles. The van der Waals surface area contributed by atoms with Gasteiger partial charge in [0, 0.05) is 18.3 Å². The normalized spacial score (nSPS) is 39.1.